The van der Waals surface area contributed by atoms with E-state index in [9.17, 15) is 14.4 Å². The van der Waals surface area contributed by atoms with E-state index in [2.05, 4.69) is 89.9 Å². The van der Waals surface area contributed by atoms with Gasteiger partial charge in [-0.1, -0.05) is 115 Å². The van der Waals surface area contributed by atoms with E-state index in [1.54, 1.807) is 0 Å². The van der Waals surface area contributed by atoms with Crippen molar-refractivity contribution in [3.8, 4) is 5.75 Å². The number of rotatable bonds is 7. The molecule has 3 aliphatic rings. The number of aryl methyl sites for hydroxylation is 1. The number of amides is 4. The van der Waals surface area contributed by atoms with Crippen LogP contribution in [0.1, 0.15) is 63.6 Å². The molecule has 0 saturated carbocycles. The van der Waals surface area contributed by atoms with Crippen LogP contribution in [0.2, 0.25) is 0 Å². The molecule has 0 unspecified atom stereocenters. The first-order valence-electron chi connectivity index (χ1n) is 18.6. The van der Waals surface area contributed by atoms with Crippen LogP contribution in [0.25, 0.3) is 16.8 Å². The smallest absolute Gasteiger partial charge is 0.335 e. The molecule has 7 heteroatoms. The summed E-state index contributed by atoms with van der Waals surface area (Å²) >= 11 is 0. The molecule has 0 aliphatic carbocycles. The van der Waals surface area contributed by atoms with E-state index in [1.807, 2.05) is 60.7 Å². The maximum Gasteiger partial charge on any atom is 0.335 e. The van der Waals surface area contributed by atoms with Gasteiger partial charge in [0.1, 0.15) is 17.9 Å². The Hall–Kier alpha value is -6.47. The van der Waals surface area contributed by atoms with E-state index >= 15 is 0 Å². The standard InChI is InChI=1S/C47H39N3O4/c1-30-20-21-33-16-8-10-18-36(33)42(30)29-54-43-19-11-9-17-34(43)26-41-45(51)48-47(53)50(46(41)52)35-27-39-37(31-12-4-2-5-13-31)22-24-49-25-23-38(40(28-35)44(39)49)32-14-6-3-7-15-32/h2-21,26-28,37-38H,22-25,29H2,1H3,(H,48,51,53)/b41-26+/t37-,38+. The van der Waals surface area contributed by atoms with Crippen LogP contribution in [0.4, 0.5) is 16.2 Å². The van der Waals surface area contributed by atoms with Gasteiger partial charge in [-0.3, -0.25) is 14.9 Å². The molecule has 4 amide bonds. The minimum absolute atomic E-state index is 0.0830. The molecule has 0 radical (unpaired) electrons. The molecule has 2 atom stereocenters. The third-order valence-corrected chi connectivity index (χ3v) is 11.2. The summed E-state index contributed by atoms with van der Waals surface area (Å²) in [6.07, 6.45) is 3.36. The van der Waals surface area contributed by atoms with Gasteiger partial charge < -0.3 is 9.64 Å². The number of carbonyl (C=O) groups excluding carboxylic acids is 3. The van der Waals surface area contributed by atoms with Crippen LogP contribution in [0.15, 0.2) is 139 Å². The van der Waals surface area contributed by atoms with Crippen LogP contribution < -0.4 is 19.9 Å². The number of nitrogens with zero attached hydrogens (tertiary/aromatic N) is 2. The molecular formula is C47H39N3O4. The van der Waals surface area contributed by atoms with E-state index in [1.165, 1.54) is 22.9 Å². The summed E-state index contributed by atoms with van der Waals surface area (Å²) < 4.78 is 6.40. The molecule has 0 aromatic heterocycles. The van der Waals surface area contributed by atoms with Crippen LogP contribution in [-0.4, -0.2) is 30.9 Å². The summed E-state index contributed by atoms with van der Waals surface area (Å²) in [6, 6.07) is 43.8. The number of ether oxygens (including phenoxy) is 1. The maximum atomic E-state index is 14.5. The van der Waals surface area contributed by atoms with Crippen molar-refractivity contribution in [2.75, 3.05) is 22.9 Å². The minimum atomic E-state index is -0.763. The van der Waals surface area contributed by atoms with Gasteiger partial charge in [-0.25, -0.2) is 9.69 Å². The number of nitrogens with one attached hydrogen (secondary N) is 1. The Morgan fingerprint density at radius 3 is 2.02 bits per heavy atom. The van der Waals surface area contributed by atoms with Gasteiger partial charge in [0.15, 0.2) is 0 Å². The number of imide groups is 2. The second-order valence-electron chi connectivity index (χ2n) is 14.3. The van der Waals surface area contributed by atoms with Crippen molar-refractivity contribution in [2.45, 2.75) is 38.2 Å². The lowest BCUT2D eigenvalue weighted by Crippen LogP contribution is -2.54. The zero-order valence-electron chi connectivity index (χ0n) is 30.0. The van der Waals surface area contributed by atoms with Crippen molar-refractivity contribution < 1.29 is 19.1 Å². The first kappa shape index (κ1) is 33.4. The summed E-state index contributed by atoms with van der Waals surface area (Å²) in [6.45, 7) is 4.21. The van der Waals surface area contributed by atoms with Crippen molar-refractivity contribution in [1.29, 1.82) is 0 Å². The highest BCUT2D eigenvalue weighted by Gasteiger charge is 2.40. The lowest BCUT2D eigenvalue weighted by Gasteiger charge is -2.44. The van der Waals surface area contributed by atoms with Gasteiger partial charge in [0.2, 0.25) is 0 Å². The fourth-order valence-corrected chi connectivity index (χ4v) is 8.53. The molecule has 1 saturated heterocycles. The van der Waals surface area contributed by atoms with Gasteiger partial charge in [-0.2, -0.15) is 0 Å². The fourth-order valence-electron chi connectivity index (χ4n) is 8.53. The predicted molar refractivity (Wildman–Crippen MR) is 213 cm³/mol. The van der Waals surface area contributed by atoms with E-state index in [4.69, 9.17) is 4.74 Å². The van der Waals surface area contributed by atoms with E-state index < -0.39 is 17.8 Å². The Bertz CT molecular complexity index is 2400. The molecule has 3 aliphatic heterocycles. The van der Waals surface area contributed by atoms with Crippen molar-refractivity contribution in [1.82, 2.24) is 5.32 Å². The quantitative estimate of drug-likeness (QED) is 0.132. The zero-order valence-corrected chi connectivity index (χ0v) is 30.0. The van der Waals surface area contributed by atoms with Crippen molar-refractivity contribution in [3.05, 3.63) is 178 Å². The van der Waals surface area contributed by atoms with E-state index in [0.29, 0.717) is 23.6 Å². The van der Waals surface area contributed by atoms with Crippen LogP contribution >= 0.6 is 0 Å². The van der Waals surface area contributed by atoms with E-state index in [-0.39, 0.29) is 17.4 Å². The molecule has 0 bridgehead atoms. The van der Waals surface area contributed by atoms with Crippen molar-refractivity contribution in [2.24, 2.45) is 0 Å². The highest BCUT2D eigenvalue weighted by molar-refractivity contribution is 6.39. The number of fused-ring (bicyclic) bond motifs is 1. The Kier molecular flexibility index (Phi) is 8.54. The van der Waals surface area contributed by atoms with E-state index in [0.717, 1.165) is 63.9 Å². The SMILES string of the molecule is Cc1ccc2ccccc2c1COc1ccccc1/C=C1\C(=O)NC(=O)N(c2cc3c4c(c2)[C@H](c2ccccc2)CCN4CC[C@@H]3c2ccccc2)C1=O. The predicted octanol–water partition coefficient (Wildman–Crippen LogP) is 9.27. The number of urea groups is 1. The number of benzene rings is 6. The average Bonchev–Trinajstić information content (AvgIpc) is 3.20. The monoisotopic (exact) mass is 709 g/mol. The minimum Gasteiger partial charge on any atom is -0.488 e. The zero-order chi connectivity index (χ0) is 36.8. The highest BCUT2D eigenvalue weighted by atomic mass is 16.5. The number of carbonyl (C=O) groups is 3. The number of para-hydroxylation sites is 1. The molecule has 0 spiro atoms. The average molecular weight is 710 g/mol. The summed E-state index contributed by atoms with van der Waals surface area (Å²) in [5.74, 6) is -0.724. The first-order valence-corrected chi connectivity index (χ1v) is 18.6. The summed E-state index contributed by atoms with van der Waals surface area (Å²) in [4.78, 5) is 45.3. The van der Waals surface area contributed by atoms with Crippen LogP contribution in [0.5, 0.6) is 5.75 Å². The highest BCUT2D eigenvalue weighted by Crippen LogP contribution is 2.50. The topological polar surface area (TPSA) is 79.0 Å². The van der Waals surface area contributed by atoms with Crippen molar-refractivity contribution >= 4 is 46.1 Å². The van der Waals surface area contributed by atoms with Crippen LogP contribution in [-0.2, 0) is 16.2 Å². The van der Waals surface area contributed by atoms with Crippen molar-refractivity contribution in [3.63, 3.8) is 0 Å². The van der Waals surface area contributed by atoms with Gasteiger partial charge in [-0.05, 0) is 82.6 Å². The molecule has 266 valence electrons. The Morgan fingerprint density at radius 2 is 1.33 bits per heavy atom. The molecule has 3 heterocycles. The lowest BCUT2D eigenvalue weighted by atomic mass is 9.76. The number of barbiturate groups is 1. The van der Waals surface area contributed by atoms with Crippen LogP contribution in [0.3, 0.4) is 0 Å². The second-order valence-corrected chi connectivity index (χ2v) is 14.3. The van der Waals surface area contributed by atoms with Gasteiger partial charge in [0.25, 0.3) is 11.8 Å². The Morgan fingerprint density at radius 1 is 0.722 bits per heavy atom. The molecule has 1 fully saturated rings. The second kappa shape index (κ2) is 13.8. The van der Waals surface area contributed by atoms with Gasteiger partial charge in [0.05, 0.1) is 5.69 Å². The molecule has 54 heavy (non-hydrogen) atoms. The molecule has 1 N–H and O–H groups in total. The lowest BCUT2D eigenvalue weighted by molar-refractivity contribution is -0.122. The maximum absolute atomic E-state index is 14.5. The first-order chi connectivity index (χ1) is 26.4. The van der Waals surface area contributed by atoms with Crippen LogP contribution in [0, 0.1) is 6.92 Å². The van der Waals surface area contributed by atoms with Gasteiger partial charge >= 0.3 is 6.03 Å². The third-order valence-electron chi connectivity index (χ3n) is 11.2. The fraction of sp³-hybridized carbons (Fsp3) is 0.170. The largest absolute Gasteiger partial charge is 0.488 e. The van der Waals surface area contributed by atoms with Gasteiger partial charge in [0, 0.05) is 41.7 Å². The molecule has 9 rings (SSSR count). The number of anilines is 2. The number of hydrogen-bond donors (Lipinski definition) is 1. The molecule has 7 nitrogen and oxygen atoms in total. The normalized spacial score (nSPS) is 18.8. The summed E-state index contributed by atoms with van der Waals surface area (Å²) in [7, 11) is 0. The third kappa shape index (κ3) is 5.92. The summed E-state index contributed by atoms with van der Waals surface area (Å²) in [5.41, 5.74) is 8.80. The molecular weight excluding hydrogens is 671 g/mol. The molecule has 6 aromatic rings. The Labute approximate surface area is 314 Å². The van der Waals surface area contributed by atoms with Gasteiger partial charge in [-0.15, -0.1) is 0 Å². The number of hydrogen-bond acceptors (Lipinski definition) is 5. The Balaban J connectivity index is 1.11. The summed E-state index contributed by atoms with van der Waals surface area (Å²) in [5, 5.41) is 4.70. The molecule has 6 aromatic carbocycles.